The third-order valence-electron chi connectivity index (χ3n) is 1.35. The Hall–Kier alpha value is -1.35. The molecule has 1 amide bonds. The van der Waals surface area contributed by atoms with E-state index in [1.807, 2.05) is 0 Å². The molecule has 0 saturated carbocycles. The molecule has 1 rings (SSSR count). The molecule has 1 aromatic heterocycles. The SMILES string of the molecule is Cc1nnc(NC(=O)CS(=O)CC(=O)O)s1. The first-order chi connectivity index (χ1) is 7.47. The van der Waals surface area contributed by atoms with Crippen molar-refractivity contribution in [1.29, 1.82) is 0 Å². The van der Waals surface area contributed by atoms with E-state index in [0.29, 0.717) is 10.1 Å². The smallest absolute Gasteiger partial charge is 0.316 e. The Morgan fingerprint density at radius 3 is 2.62 bits per heavy atom. The van der Waals surface area contributed by atoms with E-state index in [4.69, 9.17) is 5.11 Å². The van der Waals surface area contributed by atoms with Crippen LogP contribution in [0.15, 0.2) is 0 Å². The molecule has 1 aromatic rings. The standard InChI is InChI=1S/C7H9N3O4S2/c1-4-9-10-7(15-4)8-5(11)2-16(14)3-6(12)13/h2-3H2,1H3,(H,12,13)(H,8,10,11). The molecule has 0 bridgehead atoms. The van der Waals surface area contributed by atoms with Crippen molar-refractivity contribution < 1.29 is 18.9 Å². The number of hydrogen-bond acceptors (Lipinski definition) is 6. The molecular formula is C7H9N3O4S2. The summed E-state index contributed by atoms with van der Waals surface area (Å²) in [5.41, 5.74) is 0. The molecule has 1 unspecified atom stereocenters. The van der Waals surface area contributed by atoms with Crippen LogP contribution in [0.4, 0.5) is 5.13 Å². The number of nitrogens with one attached hydrogen (secondary N) is 1. The third-order valence-corrected chi connectivity index (χ3v) is 3.26. The first-order valence-corrected chi connectivity index (χ1v) is 6.44. The summed E-state index contributed by atoms with van der Waals surface area (Å²) in [7, 11) is -1.70. The van der Waals surface area contributed by atoms with Crippen molar-refractivity contribution in [2.75, 3.05) is 16.8 Å². The molecule has 0 spiro atoms. The van der Waals surface area contributed by atoms with Crippen molar-refractivity contribution in [3.05, 3.63) is 5.01 Å². The highest BCUT2D eigenvalue weighted by Crippen LogP contribution is 2.13. The van der Waals surface area contributed by atoms with Gasteiger partial charge in [0.15, 0.2) is 0 Å². The number of anilines is 1. The fraction of sp³-hybridized carbons (Fsp3) is 0.429. The first-order valence-electron chi connectivity index (χ1n) is 4.14. The van der Waals surface area contributed by atoms with Crippen LogP contribution in [0, 0.1) is 6.92 Å². The number of carboxylic acids is 1. The van der Waals surface area contributed by atoms with Crippen LogP contribution in [0.2, 0.25) is 0 Å². The van der Waals surface area contributed by atoms with Gasteiger partial charge in [-0.15, -0.1) is 10.2 Å². The number of aliphatic carboxylic acids is 1. The highest BCUT2D eigenvalue weighted by atomic mass is 32.2. The molecule has 7 nitrogen and oxygen atoms in total. The normalized spacial score (nSPS) is 12.1. The van der Waals surface area contributed by atoms with Gasteiger partial charge in [0.05, 0.1) is 0 Å². The van der Waals surface area contributed by atoms with E-state index in [2.05, 4.69) is 15.5 Å². The van der Waals surface area contributed by atoms with E-state index in [1.54, 1.807) is 6.92 Å². The summed E-state index contributed by atoms with van der Waals surface area (Å²) in [5, 5.41) is 19.1. The predicted octanol–water partition coefficient (Wildman–Crippen LogP) is -0.382. The number of aromatic nitrogens is 2. The minimum Gasteiger partial charge on any atom is -0.481 e. The number of nitrogens with zero attached hydrogens (tertiary/aromatic N) is 2. The predicted molar refractivity (Wildman–Crippen MR) is 58.8 cm³/mol. The van der Waals surface area contributed by atoms with Crippen LogP contribution in [0.25, 0.3) is 0 Å². The Labute approximate surface area is 97.3 Å². The van der Waals surface area contributed by atoms with Gasteiger partial charge in [-0.3, -0.25) is 19.1 Å². The van der Waals surface area contributed by atoms with E-state index in [0.717, 1.165) is 0 Å². The lowest BCUT2D eigenvalue weighted by atomic mass is 10.7. The van der Waals surface area contributed by atoms with Crippen LogP contribution < -0.4 is 5.32 Å². The molecule has 0 aliphatic rings. The highest BCUT2D eigenvalue weighted by molar-refractivity contribution is 7.86. The molecule has 9 heteroatoms. The number of amides is 1. The van der Waals surface area contributed by atoms with Gasteiger partial charge in [0.2, 0.25) is 11.0 Å². The van der Waals surface area contributed by atoms with Crippen molar-refractivity contribution in [2.45, 2.75) is 6.92 Å². The maximum Gasteiger partial charge on any atom is 0.316 e. The molecule has 0 saturated heterocycles. The first kappa shape index (κ1) is 12.7. The lowest BCUT2D eigenvalue weighted by molar-refractivity contribution is -0.133. The van der Waals surface area contributed by atoms with Gasteiger partial charge >= 0.3 is 5.97 Å². The largest absolute Gasteiger partial charge is 0.481 e. The van der Waals surface area contributed by atoms with Crippen LogP contribution in [-0.2, 0) is 20.4 Å². The molecule has 16 heavy (non-hydrogen) atoms. The second kappa shape index (κ2) is 5.66. The van der Waals surface area contributed by atoms with Crippen molar-refractivity contribution in [3.8, 4) is 0 Å². The van der Waals surface area contributed by atoms with Gasteiger partial charge in [-0.1, -0.05) is 11.3 Å². The van der Waals surface area contributed by atoms with Crippen LogP contribution in [0.3, 0.4) is 0 Å². The lowest BCUT2D eigenvalue weighted by Crippen LogP contribution is -2.23. The van der Waals surface area contributed by atoms with Crippen LogP contribution in [0.1, 0.15) is 5.01 Å². The fourth-order valence-electron chi connectivity index (χ4n) is 0.837. The van der Waals surface area contributed by atoms with Crippen LogP contribution in [0.5, 0.6) is 0 Å². The summed E-state index contributed by atoms with van der Waals surface area (Å²) in [6.07, 6.45) is 0. The maximum atomic E-state index is 11.3. The maximum absolute atomic E-state index is 11.3. The molecule has 1 atom stereocenters. The Balaban J connectivity index is 2.42. The number of aryl methyl sites for hydroxylation is 1. The molecule has 0 fully saturated rings. The summed E-state index contributed by atoms with van der Waals surface area (Å²) < 4.78 is 11.1. The lowest BCUT2D eigenvalue weighted by Gasteiger charge is -1.99. The van der Waals surface area contributed by atoms with E-state index < -0.39 is 28.4 Å². The molecule has 0 aliphatic carbocycles. The molecule has 2 N–H and O–H groups in total. The summed E-state index contributed by atoms with van der Waals surface area (Å²) in [5.74, 6) is -2.62. The van der Waals surface area contributed by atoms with Crippen LogP contribution in [-0.4, -0.2) is 42.9 Å². The summed E-state index contributed by atoms with van der Waals surface area (Å²) in [6.45, 7) is 1.73. The van der Waals surface area contributed by atoms with E-state index in [9.17, 15) is 13.8 Å². The van der Waals surface area contributed by atoms with Gasteiger partial charge in [-0.25, -0.2) is 0 Å². The Morgan fingerprint density at radius 2 is 2.12 bits per heavy atom. The number of carbonyl (C=O) groups excluding carboxylic acids is 1. The number of hydrogen-bond donors (Lipinski definition) is 2. The molecule has 0 aliphatic heterocycles. The zero-order chi connectivity index (χ0) is 12.1. The Kier molecular flexibility index (Phi) is 4.50. The highest BCUT2D eigenvalue weighted by Gasteiger charge is 2.12. The van der Waals surface area contributed by atoms with Crippen LogP contribution >= 0.6 is 11.3 Å². The Morgan fingerprint density at radius 1 is 1.44 bits per heavy atom. The Bertz CT molecular complexity index is 431. The van der Waals surface area contributed by atoms with Crippen molar-refractivity contribution >= 4 is 39.1 Å². The van der Waals surface area contributed by atoms with Gasteiger partial charge in [0.1, 0.15) is 16.5 Å². The molecule has 88 valence electrons. The zero-order valence-corrected chi connectivity index (χ0v) is 9.93. The van der Waals surface area contributed by atoms with E-state index in [1.165, 1.54) is 11.3 Å². The van der Waals surface area contributed by atoms with E-state index in [-0.39, 0.29) is 5.75 Å². The summed E-state index contributed by atoms with van der Waals surface area (Å²) in [6, 6.07) is 0. The second-order valence-electron chi connectivity index (χ2n) is 2.80. The quantitative estimate of drug-likeness (QED) is 0.749. The fourth-order valence-corrected chi connectivity index (χ4v) is 2.19. The third kappa shape index (κ3) is 4.45. The van der Waals surface area contributed by atoms with E-state index >= 15 is 0 Å². The summed E-state index contributed by atoms with van der Waals surface area (Å²) >= 11 is 1.19. The average Bonchev–Trinajstić information content (AvgIpc) is 2.48. The molecular weight excluding hydrogens is 254 g/mol. The zero-order valence-electron chi connectivity index (χ0n) is 8.30. The van der Waals surface area contributed by atoms with Gasteiger partial charge in [0, 0.05) is 10.8 Å². The molecule has 0 radical (unpaired) electrons. The van der Waals surface area contributed by atoms with Crippen molar-refractivity contribution in [3.63, 3.8) is 0 Å². The topological polar surface area (TPSA) is 109 Å². The van der Waals surface area contributed by atoms with Gasteiger partial charge in [-0.05, 0) is 6.92 Å². The van der Waals surface area contributed by atoms with Gasteiger partial charge in [-0.2, -0.15) is 0 Å². The number of carboxylic acid groups (broad SMARTS) is 1. The second-order valence-corrected chi connectivity index (χ2v) is 5.44. The molecule has 0 aromatic carbocycles. The number of rotatable bonds is 5. The minimum atomic E-state index is -1.70. The van der Waals surface area contributed by atoms with Gasteiger partial charge in [0.25, 0.3) is 0 Å². The van der Waals surface area contributed by atoms with Gasteiger partial charge < -0.3 is 5.11 Å². The monoisotopic (exact) mass is 263 g/mol. The minimum absolute atomic E-state index is 0.315. The molecule has 1 heterocycles. The van der Waals surface area contributed by atoms with Crippen molar-refractivity contribution in [2.24, 2.45) is 0 Å². The summed E-state index contributed by atoms with van der Waals surface area (Å²) in [4.78, 5) is 21.5. The number of carbonyl (C=O) groups is 2. The average molecular weight is 263 g/mol. The van der Waals surface area contributed by atoms with Crippen molar-refractivity contribution in [1.82, 2.24) is 10.2 Å².